The van der Waals surface area contributed by atoms with Gasteiger partial charge in [0.25, 0.3) is 5.69 Å². The van der Waals surface area contributed by atoms with Gasteiger partial charge in [0, 0.05) is 11.1 Å². The van der Waals surface area contributed by atoms with Crippen LogP contribution in [0, 0.1) is 17.0 Å². The Morgan fingerprint density at radius 3 is 2.67 bits per heavy atom. The highest BCUT2D eigenvalue weighted by Gasteiger charge is 2.22. The molecule has 1 aromatic rings. The predicted molar refractivity (Wildman–Crippen MR) is 75.9 cm³/mol. The van der Waals surface area contributed by atoms with Gasteiger partial charge < -0.3 is 5.32 Å². The van der Waals surface area contributed by atoms with Crippen molar-refractivity contribution in [1.29, 1.82) is 0 Å². The van der Waals surface area contributed by atoms with Crippen LogP contribution >= 0.6 is 15.9 Å². The van der Waals surface area contributed by atoms with E-state index in [4.69, 9.17) is 0 Å². The van der Waals surface area contributed by atoms with Crippen LogP contribution in [0.25, 0.3) is 0 Å². The molecule has 6 heteroatoms. The van der Waals surface area contributed by atoms with Crippen molar-refractivity contribution in [2.24, 2.45) is 0 Å². The van der Waals surface area contributed by atoms with Crippen LogP contribution in [0.4, 0.5) is 11.5 Å². The highest BCUT2D eigenvalue weighted by molar-refractivity contribution is 9.10. The van der Waals surface area contributed by atoms with Crippen molar-refractivity contribution in [3.05, 3.63) is 26.3 Å². The summed E-state index contributed by atoms with van der Waals surface area (Å²) in [5, 5.41) is 14.1. The number of nitrogens with zero attached hydrogens (tertiary/aromatic N) is 2. The van der Waals surface area contributed by atoms with Gasteiger partial charge in [-0.25, -0.2) is 4.98 Å². The van der Waals surface area contributed by atoms with E-state index in [0.29, 0.717) is 15.9 Å². The fraction of sp³-hybridized carbons (Fsp3) is 0.583. The molecule has 0 saturated carbocycles. The Balaban J connectivity index is 3.06. The second-order valence-electron chi connectivity index (χ2n) is 4.95. The molecular weight excluding hydrogens is 298 g/mol. The van der Waals surface area contributed by atoms with Crippen molar-refractivity contribution < 1.29 is 4.92 Å². The lowest BCUT2D eigenvalue weighted by molar-refractivity contribution is -0.385. The van der Waals surface area contributed by atoms with Crippen LogP contribution in [0.15, 0.2) is 10.7 Å². The van der Waals surface area contributed by atoms with Gasteiger partial charge in [-0.1, -0.05) is 13.3 Å². The molecule has 0 aromatic carbocycles. The van der Waals surface area contributed by atoms with Gasteiger partial charge >= 0.3 is 0 Å². The Morgan fingerprint density at radius 2 is 2.17 bits per heavy atom. The molecule has 1 N–H and O–H groups in total. The molecule has 100 valence electrons. The largest absolute Gasteiger partial charge is 0.364 e. The first kappa shape index (κ1) is 14.9. The minimum Gasteiger partial charge on any atom is -0.364 e. The first-order valence-corrected chi connectivity index (χ1v) is 6.65. The molecule has 0 radical (unpaired) electrons. The van der Waals surface area contributed by atoms with Crippen LogP contribution in [0.5, 0.6) is 0 Å². The summed E-state index contributed by atoms with van der Waals surface area (Å²) >= 11 is 3.37. The van der Waals surface area contributed by atoms with Gasteiger partial charge in [0.1, 0.15) is 12.0 Å². The van der Waals surface area contributed by atoms with Crippen molar-refractivity contribution in [2.75, 3.05) is 5.32 Å². The second kappa shape index (κ2) is 5.65. The van der Waals surface area contributed by atoms with E-state index in [9.17, 15) is 10.1 Å². The molecule has 18 heavy (non-hydrogen) atoms. The molecule has 0 aliphatic carbocycles. The normalized spacial score (nSPS) is 11.4. The van der Waals surface area contributed by atoms with Gasteiger partial charge in [-0.3, -0.25) is 10.1 Å². The number of halogens is 1. The van der Waals surface area contributed by atoms with E-state index in [1.54, 1.807) is 6.92 Å². The van der Waals surface area contributed by atoms with E-state index in [1.165, 1.54) is 6.20 Å². The second-order valence-corrected chi connectivity index (χ2v) is 5.74. The first-order chi connectivity index (χ1) is 8.28. The lowest BCUT2D eigenvalue weighted by Crippen LogP contribution is -2.31. The van der Waals surface area contributed by atoms with E-state index in [2.05, 4.69) is 47.0 Å². The maximum atomic E-state index is 10.8. The lowest BCUT2D eigenvalue weighted by Gasteiger charge is -2.27. The summed E-state index contributed by atoms with van der Waals surface area (Å²) in [6.45, 7) is 8.00. The minimum absolute atomic E-state index is 0.0284. The smallest absolute Gasteiger partial charge is 0.291 e. The van der Waals surface area contributed by atoms with Crippen LogP contribution < -0.4 is 5.32 Å². The third-order valence-corrected chi connectivity index (χ3v) is 3.74. The molecule has 0 bridgehead atoms. The average Bonchev–Trinajstić information content (AvgIpc) is 2.24. The molecule has 0 aliphatic heterocycles. The van der Waals surface area contributed by atoms with Crippen molar-refractivity contribution in [3.8, 4) is 0 Å². The monoisotopic (exact) mass is 315 g/mol. The average molecular weight is 316 g/mol. The van der Waals surface area contributed by atoms with Gasteiger partial charge in [-0.05, 0) is 43.1 Å². The molecule has 0 unspecified atom stereocenters. The molecule has 0 spiro atoms. The summed E-state index contributed by atoms with van der Waals surface area (Å²) in [4.78, 5) is 14.5. The SMILES string of the molecule is CCCC(C)(C)Nc1ncc([N+](=O)[O-])c(C)c1Br. The zero-order valence-corrected chi connectivity index (χ0v) is 12.7. The number of nitrogens with one attached hydrogen (secondary N) is 1. The van der Waals surface area contributed by atoms with Crippen molar-refractivity contribution in [1.82, 2.24) is 4.98 Å². The molecule has 1 heterocycles. The molecule has 0 aliphatic rings. The molecule has 0 amide bonds. The zero-order chi connectivity index (χ0) is 13.9. The van der Waals surface area contributed by atoms with Crippen LogP contribution in [0.2, 0.25) is 0 Å². The van der Waals surface area contributed by atoms with Crippen molar-refractivity contribution >= 4 is 27.4 Å². The number of pyridine rings is 1. The third-order valence-electron chi connectivity index (χ3n) is 2.77. The quantitative estimate of drug-likeness (QED) is 0.657. The number of hydrogen-bond acceptors (Lipinski definition) is 4. The molecule has 1 rings (SSSR count). The summed E-state index contributed by atoms with van der Waals surface area (Å²) in [6, 6.07) is 0. The van der Waals surface area contributed by atoms with Crippen LogP contribution in [0.1, 0.15) is 39.2 Å². The Hall–Kier alpha value is -1.17. The number of hydrogen-bond donors (Lipinski definition) is 1. The fourth-order valence-corrected chi connectivity index (χ4v) is 2.25. The Bertz CT molecular complexity index is 461. The van der Waals surface area contributed by atoms with Crippen LogP contribution in [0.3, 0.4) is 0 Å². The standard InChI is InChI=1S/C12H18BrN3O2/c1-5-6-12(3,4)15-11-10(13)8(2)9(7-14-11)16(17)18/h7H,5-6H2,1-4H3,(H,14,15). The van der Waals surface area contributed by atoms with Crippen molar-refractivity contribution in [2.45, 2.75) is 46.1 Å². The van der Waals surface area contributed by atoms with E-state index in [-0.39, 0.29) is 11.2 Å². The molecular formula is C12H18BrN3O2. The van der Waals surface area contributed by atoms with Crippen LogP contribution in [-0.4, -0.2) is 15.4 Å². The molecule has 5 nitrogen and oxygen atoms in total. The van der Waals surface area contributed by atoms with Gasteiger partial charge in [0.15, 0.2) is 0 Å². The Morgan fingerprint density at radius 1 is 1.56 bits per heavy atom. The number of aromatic nitrogens is 1. The summed E-state index contributed by atoms with van der Waals surface area (Å²) in [5.41, 5.74) is 0.526. The molecule has 0 atom stereocenters. The Labute approximate surface area is 115 Å². The van der Waals surface area contributed by atoms with Gasteiger partial charge in [0.05, 0.1) is 9.40 Å². The molecule has 1 aromatic heterocycles. The maximum absolute atomic E-state index is 10.8. The zero-order valence-electron chi connectivity index (χ0n) is 11.1. The molecule has 0 saturated heterocycles. The maximum Gasteiger partial charge on any atom is 0.291 e. The number of anilines is 1. The van der Waals surface area contributed by atoms with E-state index in [1.807, 2.05) is 0 Å². The first-order valence-electron chi connectivity index (χ1n) is 5.86. The van der Waals surface area contributed by atoms with E-state index < -0.39 is 4.92 Å². The Kier molecular flexibility index (Phi) is 4.67. The summed E-state index contributed by atoms with van der Waals surface area (Å²) < 4.78 is 0.654. The topological polar surface area (TPSA) is 68.1 Å². The predicted octanol–water partition coefficient (Wildman–Crippen LogP) is 4.05. The summed E-state index contributed by atoms with van der Waals surface area (Å²) in [5.74, 6) is 0.650. The minimum atomic E-state index is -0.423. The number of rotatable bonds is 5. The van der Waals surface area contributed by atoms with E-state index in [0.717, 1.165) is 12.8 Å². The van der Waals surface area contributed by atoms with Crippen LogP contribution in [-0.2, 0) is 0 Å². The number of nitro groups is 1. The van der Waals surface area contributed by atoms with Gasteiger partial charge in [-0.2, -0.15) is 0 Å². The lowest BCUT2D eigenvalue weighted by atomic mass is 9.99. The molecule has 0 fully saturated rings. The van der Waals surface area contributed by atoms with Crippen molar-refractivity contribution in [3.63, 3.8) is 0 Å². The van der Waals surface area contributed by atoms with Gasteiger partial charge in [-0.15, -0.1) is 0 Å². The highest BCUT2D eigenvalue weighted by Crippen LogP contribution is 2.32. The summed E-state index contributed by atoms with van der Waals surface area (Å²) in [7, 11) is 0. The third kappa shape index (κ3) is 3.41. The van der Waals surface area contributed by atoms with E-state index >= 15 is 0 Å². The summed E-state index contributed by atoms with van der Waals surface area (Å²) in [6.07, 6.45) is 3.35. The van der Waals surface area contributed by atoms with Gasteiger partial charge in [0.2, 0.25) is 0 Å². The fourth-order valence-electron chi connectivity index (χ4n) is 1.85. The highest BCUT2D eigenvalue weighted by atomic mass is 79.9.